The van der Waals surface area contributed by atoms with E-state index >= 15 is 0 Å². The van der Waals surface area contributed by atoms with Gasteiger partial charge in [0.15, 0.2) is 5.82 Å². The first-order valence-corrected chi connectivity index (χ1v) is 10.7. The largest absolute Gasteiger partial charge is 0.489 e. The number of nitrogens with one attached hydrogen (secondary N) is 2. The third-order valence-electron chi connectivity index (χ3n) is 5.47. The third-order valence-corrected chi connectivity index (χ3v) is 5.74. The zero-order valence-corrected chi connectivity index (χ0v) is 17.6. The number of nitrogens with zero attached hydrogens (tertiary/aromatic N) is 2. The Kier molecular flexibility index (Phi) is 5.74. The summed E-state index contributed by atoms with van der Waals surface area (Å²) in [6, 6.07) is 4.38. The molecule has 2 fully saturated rings. The van der Waals surface area contributed by atoms with Crippen LogP contribution >= 0.6 is 11.6 Å². The molecule has 0 unspecified atom stereocenters. The number of halogens is 1. The minimum absolute atomic E-state index is 0.0898. The van der Waals surface area contributed by atoms with Gasteiger partial charge in [-0.3, -0.25) is 0 Å². The van der Waals surface area contributed by atoms with Crippen molar-refractivity contribution in [2.45, 2.75) is 64.4 Å². The van der Waals surface area contributed by atoms with E-state index in [9.17, 15) is 0 Å². The Morgan fingerprint density at radius 3 is 2.57 bits per heavy atom. The predicted molar refractivity (Wildman–Crippen MR) is 114 cm³/mol. The number of aryl methyl sites for hydroxylation is 1. The maximum Gasteiger partial charge on any atom is 0.153 e. The van der Waals surface area contributed by atoms with Crippen molar-refractivity contribution < 1.29 is 4.74 Å². The molecule has 0 bridgehead atoms. The van der Waals surface area contributed by atoms with Crippen molar-refractivity contribution in [2.24, 2.45) is 0 Å². The summed E-state index contributed by atoms with van der Waals surface area (Å²) in [6.45, 7) is 8.43. The van der Waals surface area contributed by atoms with E-state index in [1.807, 2.05) is 0 Å². The van der Waals surface area contributed by atoms with Gasteiger partial charge in [0, 0.05) is 5.92 Å². The molecule has 1 aromatic heterocycles. The van der Waals surface area contributed by atoms with E-state index in [0.717, 1.165) is 56.0 Å². The van der Waals surface area contributed by atoms with Crippen molar-refractivity contribution in [1.29, 1.82) is 0 Å². The van der Waals surface area contributed by atoms with E-state index in [0.29, 0.717) is 22.7 Å². The minimum Gasteiger partial charge on any atom is -0.489 e. The van der Waals surface area contributed by atoms with Gasteiger partial charge >= 0.3 is 0 Å². The summed E-state index contributed by atoms with van der Waals surface area (Å²) in [6.07, 6.45) is 6.43. The fourth-order valence-electron chi connectivity index (χ4n) is 3.86. The van der Waals surface area contributed by atoms with Crippen molar-refractivity contribution in [3.63, 3.8) is 0 Å². The highest BCUT2D eigenvalue weighted by Gasteiger charge is 2.27. The lowest BCUT2D eigenvalue weighted by Gasteiger charge is -2.26. The number of rotatable bonds is 6. The standard InChI is InChI=1S/C22H29ClN4O/c1-13(2)28-20-11-17(15-6-8-24-9-7-15)14(3)10-19(20)26-22-18(23)12-25-21(27-22)16-4-5-16/h10-13,15-16,24H,4-9H2,1-3H3,(H,25,26,27). The Morgan fingerprint density at radius 2 is 1.89 bits per heavy atom. The minimum atomic E-state index is 0.0898. The second-order valence-corrected chi connectivity index (χ2v) is 8.63. The molecule has 2 heterocycles. The lowest BCUT2D eigenvalue weighted by molar-refractivity contribution is 0.243. The van der Waals surface area contributed by atoms with E-state index in [-0.39, 0.29) is 6.10 Å². The van der Waals surface area contributed by atoms with Gasteiger partial charge in [0.2, 0.25) is 0 Å². The molecule has 1 aliphatic carbocycles. The third kappa shape index (κ3) is 4.41. The first-order chi connectivity index (χ1) is 13.5. The summed E-state index contributed by atoms with van der Waals surface area (Å²) in [5, 5.41) is 7.40. The van der Waals surface area contributed by atoms with Crippen LogP contribution in [0.4, 0.5) is 11.5 Å². The van der Waals surface area contributed by atoms with Gasteiger partial charge in [-0.25, -0.2) is 9.97 Å². The summed E-state index contributed by atoms with van der Waals surface area (Å²) in [4.78, 5) is 9.06. The van der Waals surface area contributed by atoms with Crippen LogP contribution in [0.2, 0.25) is 5.02 Å². The van der Waals surface area contributed by atoms with Crippen molar-refractivity contribution in [2.75, 3.05) is 18.4 Å². The number of benzene rings is 1. The predicted octanol–water partition coefficient (Wildman–Crippen LogP) is 5.31. The average Bonchev–Trinajstić information content (AvgIpc) is 3.51. The van der Waals surface area contributed by atoms with Crippen LogP contribution in [0.3, 0.4) is 0 Å². The van der Waals surface area contributed by atoms with Gasteiger partial charge in [-0.2, -0.15) is 0 Å². The summed E-state index contributed by atoms with van der Waals surface area (Å²) in [5.74, 6) is 3.45. The Bertz CT molecular complexity index is 845. The molecule has 28 heavy (non-hydrogen) atoms. The Morgan fingerprint density at radius 1 is 1.14 bits per heavy atom. The van der Waals surface area contributed by atoms with Crippen LogP contribution in [0, 0.1) is 6.92 Å². The maximum atomic E-state index is 6.39. The van der Waals surface area contributed by atoms with Crippen molar-refractivity contribution >= 4 is 23.1 Å². The number of hydrogen-bond donors (Lipinski definition) is 2. The normalized spacial score (nSPS) is 17.8. The van der Waals surface area contributed by atoms with Crippen LogP contribution in [0.5, 0.6) is 5.75 Å². The molecule has 0 amide bonds. The number of hydrogen-bond acceptors (Lipinski definition) is 5. The summed E-state index contributed by atoms with van der Waals surface area (Å²) in [5.41, 5.74) is 3.57. The maximum absolute atomic E-state index is 6.39. The van der Waals surface area contributed by atoms with Crippen LogP contribution in [0.15, 0.2) is 18.3 Å². The Labute approximate surface area is 172 Å². The molecule has 1 aromatic carbocycles. The summed E-state index contributed by atoms with van der Waals surface area (Å²) in [7, 11) is 0. The molecule has 5 nitrogen and oxygen atoms in total. The quantitative estimate of drug-likeness (QED) is 0.687. The molecule has 2 aliphatic rings. The van der Waals surface area contributed by atoms with Gasteiger partial charge in [0.25, 0.3) is 0 Å². The molecule has 1 saturated carbocycles. The highest BCUT2D eigenvalue weighted by Crippen LogP contribution is 2.41. The molecule has 4 rings (SSSR count). The molecule has 1 aliphatic heterocycles. The lowest BCUT2D eigenvalue weighted by atomic mass is 9.87. The average molecular weight is 401 g/mol. The van der Waals surface area contributed by atoms with E-state index in [1.54, 1.807) is 6.20 Å². The van der Waals surface area contributed by atoms with Gasteiger partial charge in [0.05, 0.1) is 18.0 Å². The zero-order chi connectivity index (χ0) is 19.7. The Balaban J connectivity index is 1.67. The van der Waals surface area contributed by atoms with Crippen molar-refractivity contribution in [3.05, 3.63) is 40.3 Å². The first-order valence-electron chi connectivity index (χ1n) is 10.3. The van der Waals surface area contributed by atoms with Crippen molar-refractivity contribution in [1.82, 2.24) is 15.3 Å². The van der Waals surface area contributed by atoms with E-state index in [4.69, 9.17) is 16.3 Å². The van der Waals surface area contributed by atoms with Crippen LogP contribution in [0.1, 0.15) is 68.3 Å². The molecule has 150 valence electrons. The summed E-state index contributed by atoms with van der Waals surface area (Å²) >= 11 is 6.39. The Hall–Kier alpha value is -1.85. The van der Waals surface area contributed by atoms with Crippen LogP contribution in [-0.2, 0) is 0 Å². The SMILES string of the molecule is Cc1cc(Nc2nc(C3CC3)ncc2Cl)c(OC(C)C)cc1C1CCNCC1. The molecule has 2 aromatic rings. The molecule has 0 atom stereocenters. The van der Waals surface area contributed by atoms with Gasteiger partial charge in [0.1, 0.15) is 16.6 Å². The molecule has 6 heteroatoms. The van der Waals surface area contributed by atoms with Gasteiger partial charge in [-0.1, -0.05) is 11.6 Å². The number of anilines is 2. The first kappa shape index (κ1) is 19.5. The topological polar surface area (TPSA) is 59.1 Å². The van der Waals surface area contributed by atoms with Crippen LogP contribution in [0.25, 0.3) is 0 Å². The molecular formula is C22H29ClN4O. The number of ether oxygens (including phenoxy) is 1. The van der Waals surface area contributed by atoms with E-state index in [1.165, 1.54) is 11.1 Å². The number of aromatic nitrogens is 2. The summed E-state index contributed by atoms with van der Waals surface area (Å²) < 4.78 is 6.17. The van der Waals surface area contributed by atoms with E-state index in [2.05, 4.69) is 53.5 Å². The molecule has 2 N–H and O–H groups in total. The number of piperidine rings is 1. The monoisotopic (exact) mass is 400 g/mol. The van der Waals surface area contributed by atoms with Gasteiger partial charge in [-0.15, -0.1) is 0 Å². The van der Waals surface area contributed by atoms with Crippen LogP contribution < -0.4 is 15.4 Å². The fourth-order valence-corrected chi connectivity index (χ4v) is 4.00. The highest BCUT2D eigenvalue weighted by molar-refractivity contribution is 6.32. The second-order valence-electron chi connectivity index (χ2n) is 8.22. The highest BCUT2D eigenvalue weighted by atomic mass is 35.5. The smallest absolute Gasteiger partial charge is 0.153 e. The molecular weight excluding hydrogens is 372 g/mol. The lowest BCUT2D eigenvalue weighted by Crippen LogP contribution is -2.27. The van der Waals surface area contributed by atoms with Gasteiger partial charge in [-0.05, 0) is 88.7 Å². The zero-order valence-electron chi connectivity index (χ0n) is 16.9. The van der Waals surface area contributed by atoms with Gasteiger partial charge < -0.3 is 15.4 Å². The molecule has 1 saturated heterocycles. The van der Waals surface area contributed by atoms with Crippen LogP contribution in [-0.4, -0.2) is 29.2 Å². The van der Waals surface area contributed by atoms with Crippen molar-refractivity contribution in [3.8, 4) is 5.75 Å². The van der Waals surface area contributed by atoms with E-state index < -0.39 is 0 Å². The fraction of sp³-hybridized carbons (Fsp3) is 0.545. The molecule has 0 spiro atoms. The molecule has 0 radical (unpaired) electrons. The second kappa shape index (κ2) is 8.26.